The molecule has 11 heavy (non-hydrogen) atoms. The second kappa shape index (κ2) is 3.59. The fourth-order valence-electron chi connectivity index (χ4n) is 0.955. The van der Waals surface area contributed by atoms with E-state index in [1.54, 1.807) is 6.07 Å². The minimum absolute atomic E-state index is 0.227. The highest BCUT2D eigenvalue weighted by atomic mass is 31.1. The largest absolute Gasteiger partial charge is 0.508 e. The standard InChI is InChI=1S/C8H11O2P/c1-11-5-6-4-7(9)2-3-8(6)10/h2-4,9-11H,5H2,1H3/p+1. The molecule has 0 aliphatic carbocycles. The topological polar surface area (TPSA) is 40.5 Å². The van der Waals surface area contributed by atoms with E-state index in [2.05, 4.69) is 6.66 Å². The van der Waals surface area contributed by atoms with Gasteiger partial charge in [0.2, 0.25) is 0 Å². The van der Waals surface area contributed by atoms with Crippen LogP contribution in [0.1, 0.15) is 5.56 Å². The molecule has 0 aliphatic rings. The summed E-state index contributed by atoms with van der Waals surface area (Å²) < 4.78 is 0. The lowest BCUT2D eigenvalue weighted by Gasteiger charge is -1.99. The van der Waals surface area contributed by atoms with Gasteiger partial charge in [0.1, 0.15) is 11.5 Å². The summed E-state index contributed by atoms with van der Waals surface area (Å²) in [6.07, 6.45) is 0.889. The smallest absolute Gasteiger partial charge is 0.122 e. The summed E-state index contributed by atoms with van der Waals surface area (Å²) in [5, 5.41) is 18.3. The zero-order valence-electron chi connectivity index (χ0n) is 6.41. The number of benzene rings is 1. The molecular weight excluding hydrogens is 159 g/mol. The predicted molar refractivity (Wildman–Crippen MR) is 49.1 cm³/mol. The monoisotopic (exact) mass is 171 g/mol. The highest BCUT2D eigenvalue weighted by molar-refractivity contribution is 7.36. The maximum absolute atomic E-state index is 9.27. The van der Waals surface area contributed by atoms with E-state index in [0.29, 0.717) is 8.58 Å². The maximum atomic E-state index is 9.27. The van der Waals surface area contributed by atoms with Gasteiger partial charge in [0, 0.05) is 12.2 Å². The molecule has 1 aromatic rings. The van der Waals surface area contributed by atoms with Gasteiger partial charge in [-0.1, -0.05) is 0 Å². The molecule has 0 aromatic heterocycles. The molecule has 1 aromatic carbocycles. The molecule has 0 spiro atoms. The number of phenolic OH excluding ortho intramolecular Hbond substituents is 2. The second-order valence-corrected chi connectivity index (χ2v) is 3.65. The molecular formula is C8H12O2P+. The van der Waals surface area contributed by atoms with Gasteiger partial charge in [0.25, 0.3) is 0 Å². The highest BCUT2D eigenvalue weighted by Crippen LogP contribution is 2.26. The van der Waals surface area contributed by atoms with E-state index >= 15 is 0 Å². The van der Waals surface area contributed by atoms with Crippen molar-refractivity contribution >= 4 is 8.58 Å². The molecule has 2 nitrogen and oxygen atoms in total. The fourth-order valence-corrected chi connectivity index (χ4v) is 1.72. The molecule has 1 atom stereocenters. The lowest BCUT2D eigenvalue weighted by atomic mass is 10.2. The fraction of sp³-hybridized carbons (Fsp3) is 0.250. The van der Waals surface area contributed by atoms with Crippen LogP contribution in [0.25, 0.3) is 0 Å². The number of hydrogen-bond acceptors (Lipinski definition) is 2. The van der Waals surface area contributed by atoms with Gasteiger partial charge in [-0.3, -0.25) is 0 Å². The summed E-state index contributed by atoms with van der Waals surface area (Å²) in [4.78, 5) is 0. The minimum Gasteiger partial charge on any atom is -0.508 e. The first-order chi connectivity index (χ1) is 5.24. The molecule has 0 radical (unpaired) electrons. The molecule has 2 N–H and O–H groups in total. The van der Waals surface area contributed by atoms with Crippen molar-refractivity contribution in [1.82, 2.24) is 0 Å². The summed E-state index contributed by atoms with van der Waals surface area (Å²) in [5.74, 6) is 0.516. The van der Waals surface area contributed by atoms with Gasteiger partial charge in [-0.15, -0.1) is 0 Å². The van der Waals surface area contributed by atoms with Crippen molar-refractivity contribution in [3.8, 4) is 11.5 Å². The van der Waals surface area contributed by atoms with Crippen molar-refractivity contribution in [2.75, 3.05) is 6.66 Å². The Kier molecular flexibility index (Phi) is 2.72. The molecule has 0 aliphatic heterocycles. The lowest BCUT2D eigenvalue weighted by Crippen LogP contribution is -1.79. The number of rotatable bonds is 2. The SMILES string of the molecule is C[PH2+]Cc1cc(O)ccc1O. The first-order valence-corrected chi connectivity index (χ1v) is 5.50. The third-order valence-corrected chi connectivity index (χ3v) is 2.34. The van der Waals surface area contributed by atoms with Crippen LogP contribution in [0.2, 0.25) is 0 Å². The molecule has 0 heterocycles. The van der Waals surface area contributed by atoms with Crippen LogP contribution in [0, 0.1) is 0 Å². The van der Waals surface area contributed by atoms with E-state index in [9.17, 15) is 5.11 Å². The van der Waals surface area contributed by atoms with Crippen LogP contribution in [-0.2, 0) is 6.16 Å². The number of phenols is 2. The Morgan fingerprint density at radius 2 is 2.09 bits per heavy atom. The summed E-state index contributed by atoms with van der Waals surface area (Å²) >= 11 is 0. The second-order valence-electron chi connectivity index (χ2n) is 2.43. The Balaban J connectivity index is 2.93. The average molecular weight is 171 g/mol. The number of hydrogen-bond donors (Lipinski definition) is 2. The van der Waals surface area contributed by atoms with Crippen LogP contribution in [0.5, 0.6) is 11.5 Å². The summed E-state index contributed by atoms with van der Waals surface area (Å²) in [6.45, 7) is 2.11. The van der Waals surface area contributed by atoms with Crippen LogP contribution in [0.15, 0.2) is 18.2 Å². The Bertz CT molecular complexity index is 248. The molecule has 1 unspecified atom stereocenters. The van der Waals surface area contributed by atoms with Crippen LogP contribution in [-0.4, -0.2) is 16.9 Å². The zero-order chi connectivity index (χ0) is 8.27. The Morgan fingerprint density at radius 1 is 1.36 bits per heavy atom. The van der Waals surface area contributed by atoms with Crippen molar-refractivity contribution < 1.29 is 10.2 Å². The summed E-state index contributed by atoms with van der Waals surface area (Å²) in [7, 11) is 0.332. The van der Waals surface area contributed by atoms with E-state index in [0.717, 1.165) is 11.7 Å². The van der Waals surface area contributed by atoms with E-state index in [1.165, 1.54) is 12.1 Å². The predicted octanol–water partition coefficient (Wildman–Crippen LogP) is 1.64. The highest BCUT2D eigenvalue weighted by Gasteiger charge is 2.02. The van der Waals surface area contributed by atoms with Crippen molar-refractivity contribution in [3.05, 3.63) is 23.8 Å². The van der Waals surface area contributed by atoms with Crippen molar-refractivity contribution in [2.45, 2.75) is 6.16 Å². The van der Waals surface area contributed by atoms with Crippen LogP contribution < -0.4 is 0 Å². The normalized spacial score (nSPS) is 11.0. The van der Waals surface area contributed by atoms with E-state index in [1.807, 2.05) is 0 Å². The van der Waals surface area contributed by atoms with Gasteiger partial charge in [0.15, 0.2) is 0 Å². The molecule has 0 bridgehead atoms. The van der Waals surface area contributed by atoms with Crippen molar-refractivity contribution in [3.63, 3.8) is 0 Å². The zero-order valence-corrected chi connectivity index (χ0v) is 7.57. The minimum atomic E-state index is 0.227. The van der Waals surface area contributed by atoms with Gasteiger partial charge in [-0.25, -0.2) is 0 Å². The van der Waals surface area contributed by atoms with E-state index < -0.39 is 0 Å². The molecule has 3 heteroatoms. The molecule has 1 rings (SSSR count). The van der Waals surface area contributed by atoms with E-state index in [4.69, 9.17) is 5.11 Å². The van der Waals surface area contributed by atoms with Gasteiger partial charge < -0.3 is 10.2 Å². The van der Waals surface area contributed by atoms with Crippen LogP contribution in [0.3, 0.4) is 0 Å². The van der Waals surface area contributed by atoms with Gasteiger partial charge >= 0.3 is 0 Å². The first kappa shape index (κ1) is 8.35. The third-order valence-electron chi connectivity index (χ3n) is 1.49. The summed E-state index contributed by atoms with van der Waals surface area (Å²) in [5.41, 5.74) is 0.850. The quantitative estimate of drug-likeness (QED) is 0.524. The lowest BCUT2D eigenvalue weighted by molar-refractivity contribution is 0.456. The van der Waals surface area contributed by atoms with Gasteiger partial charge in [-0.05, 0) is 26.8 Å². The van der Waals surface area contributed by atoms with Crippen LogP contribution in [0.4, 0.5) is 0 Å². The molecule has 0 saturated heterocycles. The summed E-state index contributed by atoms with van der Waals surface area (Å²) in [6, 6.07) is 4.63. The molecule has 60 valence electrons. The average Bonchev–Trinajstić information content (AvgIpc) is 1.98. The Labute approximate surface area is 67.7 Å². The van der Waals surface area contributed by atoms with Gasteiger partial charge in [0.05, 0.1) is 6.16 Å². The number of aromatic hydroxyl groups is 2. The first-order valence-electron chi connectivity index (χ1n) is 3.52. The van der Waals surface area contributed by atoms with Gasteiger partial charge in [-0.2, -0.15) is 0 Å². The Hall–Kier alpha value is -0.750. The molecule has 0 fully saturated rings. The molecule has 0 saturated carbocycles. The maximum Gasteiger partial charge on any atom is 0.122 e. The van der Waals surface area contributed by atoms with E-state index in [-0.39, 0.29) is 11.5 Å². The molecule has 0 amide bonds. The van der Waals surface area contributed by atoms with Crippen molar-refractivity contribution in [1.29, 1.82) is 0 Å². The Morgan fingerprint density at radius 3 is 2.73 bits per heavy atom. The van der Waals surface area contributed by atoms with Crippen LogP contribution >= 0.6 is 8.58 Å². The third kappa shape index (κ3) is 2.09. The van der Waals surface area contributed by atoms with Crippen molar-refractivity contribution in [2.24, 2.45) is 0 Å².